The molecule has 1 aliphatic heterocycles. The fourth-order valence-corrected chi connectivity index (χ4v) is 2.86. The number of hydrogen-bond donors (Lipinski definition) is 3. The standard InChI is InChI=1S/C20H15ClFN3O6/c21-14-7-11(8-15-19(29)25(9-18(27)28)20(30)24-15)1-6-16(14)31-10-17(26)23-13-4-2-12(22)3-5-13/h1-8H,9-10H2,(H,23,26)(H,24,30)(H,27,28)/b15-8+. The van der Waals surface area contributed by atoms with E-state index in [0.29, 0.717) is 16.2 Å². The van der Waals surface area contributed by atoms with E-state index < -0.39 is 36.2 Å². The second-order valence-corrected chi connectivity index (χ2v) is 6.71. The van der Waals surface area contributed by atoms with Crippen LogP contribution in [0.5, 0.6) is 5.75 Å². The Labute approximate surface area is 180 Å². The minimum Gasteiger partial charge on any atom is -0.482 e. The van der Waals surface area contributed by atoms with Crippen molar-refractivity contribution in [3.05, 3.63) is 64.6 Å². The highest BCUT2D eigenvalue weighted by molar-refractivity contribution is 6.32. The van der Waals surface area contributed by atoms with Crippen LogP contribution in [0.4, 0.5) is 14.9 Å². The van der Waals surface area contributed by atoms with Crippen molar-refractivity contribution in [2.24, 2.45) is 0 Å². The number of benzene rings is 2. The van der Waals surface area contributed by atoms with Crippen molar-refractivity contribution in [1.29, 1.82) is 0 Å². The van der Waals surface area contributed by atoms with Crippen LogP contribution < -0.4 is 15.4 Å². The fourth-order valence-electron chi connectivity index (χ4n) is 2.61. The van der Waals surface area contributed by atoms with Gasteiger partial charge in [-0.3, -0.25) is 14.4 Å². The molecule has 2 aromatic rings. The molecule has 1 fully saturated rings. The Hall–Kier alpha value is -3.92. The third-order valence-electron chi connectivity index (χ3n) is 4.01. The summed E-state index contributed by atoms with van der Waals surface area (Å²) in [4.78, 5) is 47.1. The van der Waals surface area contributed by atoms with E-state index in [1.807, 2.05) is 0 Å². The number of carboxylic acids is 1. The molecule has 9 nitrogen and oxygen atoms in total. The van der Waals surface area contributed by atoms with E-state index in [1.54, 1.807) is 0 Å². The van der Waals surface area contributed by atoms with Crippen molar-refractivity contribution in [3.8, 4) is 5.75 Å². The molecule has 1 heterocycles. The van der Waals surface area contributed by atoms with Crippen molar-refractivity contribution in [2.75, 3.05) is 18.5 Å². The van der Waals surface area contributed by atoms with Gasteiger partial charge in [0.05, 0.1) is 5.02 Å². The summed E-state index contributed by atoms with van der Waals surface area (Å²) < 4.78 is 18.3. The summed E-state index contributed by atoms with van der Waals surface area (Å²) in [6.45, 7) is -1.11. The number of urea groups is 1. The van der Waals surface area contributed by atoms with Crippen LogP contribution in [0.3, 0.4) is 0 Å². The average molecular weight is 448 g/mol. The summed E-state index contributed by atoms with van der Waals surface area (Å²) in [7, 11) is 0. The monoisotopic (exact) mass is 447 g/mol. The van der Waals surface area contributed by atoms with Gasteiger partial charge >= 0.3 is 12.0 Å². The number of hydrogen-bond acceptors (Lipinski definition) is 5. The van der Waals surface area contributed by atoms with Gasteiger partial charge in [-0.25, -0.2) is 14.1 Å². The van der Waals surface area contributed by atoms with Gasteiger partial charge in [0.15, 0.2) is 6.61 Å². The van der Waals surface area contributed by atoms with E-state index in [2.05, 4.69) is 10.6 Å². The highest BCUT2D eigenvalue weighted by Gasteiger charge is 2.34. The first-order valence-electron chi connectivity index (χ1n) is 8.77. The second kappa shape index (κ2) is 9.26. The predicted octanol–water partition coefficient (Wildman–Crippen LogP) is 2.47. The molecular formula is C20H15ClFN3O6. The number of halogens is 2. The number of rotatable bonds is 7. The number of aliphatic carboxylic acids is 1. The molecule has 0 aliphatic carbocycles. The van der Waals surface area contributed by atoms with Crippen molar-refractivity contribution < 1.29 is 33.4 Å². The van der Waals surface area contributed by atoms with Crippen LogP contribution in [-0.4, -0.2) is 47.0 Å². The first-order chi connectivity index (χ1) is 14.7. The number of amides is 4. The quantitative estimate of drug-likeness (QED) is 0.442. The number of nitrogens with zero attached hydrogens (tertiary/aromatic N) is 1. The maximum Gasteiger partial charge on any atom is 0.329 e. The van der Waals surface area contributed by atoms with Gasteiger partial charge < -0.3 is 20.5 Å². The topological polar surface area (TPSA) is 125 Å². The Morgan fingerprint density at radius 2 is 1.90 bits per heavy atom. The molecule has 0 unspecified atom stereocenters. The molecule has 0 saturated carbocycles. The van der Waals surface area contributed by atoms with Crippen molar-refractivity contribution >= 4 is 47.2 Å². The van der Waals surface area contributed by atoms with E-state index in [-0.39, 0.29) is 23.1 Å². The normalized spacial score (nSPS) is 14.5. The van der Waals surface area contributed by atoms with Crippen LogP contribution in [-0.2, 0) is 14.4 Å². The van der Waals surface area contributed by atoms with Crippen molar-refractivity contribution in [2.45, 2.75) is 0 Å². The Kier molecular flexibility index (Phi) is 6.51. The largest absolute Gasteiger partial charge is 0.482 e. The number of carboxylic acid groups (broad SMARTS) is 1. The molecule has 0 aromatic heterocycles. The van der Waals surface area contributed by atoms with Crippen molar-refractivity contribution in [1.82, 2.24) is 10.2 Å². The van der Waals surface area contributed by atoms with E-state index in [0.717, 1.165) is 0 Å². The number of ether oxygens (including phenoxy) is 1. The number of imide groups is 1. The Morgan fingerprint density at radius 3 is 2.55 bits per heavy atom. The molecule has 160 valence electrons. The summed E-state index contributed by atoms with van der Waals surface area (Å²) in [6.07, 6.45) is 1.33. The first kappa shape index (κ1) is 21.8. The molecule has 0 radical (unpaired) electrons. The third-order valence-corrected chi connectivity index (χ3v) is 4.30. The smallest absolute Gasteiger partial charge is 0.329 e. The highest BCUT2D eigenvalue weighted by Crippen LogP contribution is 2.27. The molecule has 1 aliphatic rings. The molecular weight excluding hydrogens is 433 g/mol. The number of carbonyl (C=O) groups is 4. The molecule has 11 heteroatoms. The zero-order valence-electron chi connectivity index (χ0n) is 15.7. The predicted molar refractivity (Wildman–Crippen MR) is 108 cm³/mol. The lowest BCUT2D eigenvalue weighted by molar-refractivity contribution is -0.140. The lowest BCUT2D eigenvalue weighted by atomic mass is 10.2. The second-order valence-electron chi connectivity index (χ2n) is 6.31. The van der Waals surface area contributed by atoms with Gasteiger partial charge in [-0.05, 0) is 48.0 Å². The van der Waals surface area contributed by atoms with E-state index in [9.17, 15) is 23.6 Å². The van der Waals surface area contributed by atoms with Crippen LogP contribution in [0.25, 0.3) is 6.08 Å². The zero-order valence-corrected chi connectivity index (χ0v) is 16.5. The van der Waals surface area contributed by atoms with E-state index >= 15 is 0 Å². The molecule has 0 spiro atoms. The maximum absolute atomic E-state index is 12.9. The van der Waals surface area contributed by atoms with Gasteiger partial charge in [0.2, 0.25) is 0 Å². The molecule has 3 N–H and O–H groups in total. The highest BCUT2D eigenvalue weighted by atomic mass is 35.5. The Balaban J connectivity index is 1.62. The molecule has 0 bridgehead atoms. The molecule has 1 saturated heterocycles. The minimum atomic E-state index is -1.32. The molecule has 4 amide bonds. The minimum absolute atomic E-state index is 0.102. The Morgan fingerprint density at radius 1 is 1.19 bits per heavy atom. The number of nitrogens with one attached hydrogen (secondary N) is 2. The average Bonchev–Trinajstić information content (AvgIpc) is 2.96. The third kappa shape index (κ3) is 5.58. The van der Waals surface area contributed by atoms with Gasteiger partial charge in [-0.1, -0.05) is 17.7 Å². The van der Waals surface area contributed by atoms with Gasteiger partial charge in [-0.15, -0.1) is 0 Å². The van der Waals surface area contributed by atoms with Gasteiger partial charge in [0, 0.05) is 5.69 Å². The van der Waals surface area contributed by atoms with E-state index in [1.165, 1.54) is 48.5 Å². The van der Waals surface area contributed by atoms with Crippen LogP contribution in [0.1, 0.15) is 5.56 Å². The molecule has 0 atom stereocenters. The lowest BCUT2D eigenvalue weighted by Crippen LogP contribution is -2.35. The summed E-state index contributed by atoms with van der Waals surface area (Å²) in [5.41, 5.74) is 0.742. The number of anilines is 1. The van der Waals surface area contributed by atoms with Gasteiger partial charge in [0.25, 0.3) is 11.8 Å². The van der Waals surface area contributed by atoms with Gasteiger partial charge in [0.1, 0.15) is 23.8 Å². The van der Waals surface area contributed by atoms with Crippen LogP contribution in [0.2, 0.25) is 5.02 Å². The summed E-state index contributed by atoms with van der Waals surface area (Å²) in [5.74, 6) is -2.80. The number of carbonyl (C=O) groups excluding carboxylic acids is 3. The maximum atomic E-state index is 12.9. The zero-order chi connectivity index (χ0) is 22.5. The van der Waals surface area contributed by atoms with E-state index in [4.69, 9.17) is 21.4 Å². The first-order valence-corrected chi connectivity index (χ1v) is 9.15. The molecule has 2 aromatic carbocycles. The summed E-state index contributed by atoms with van der Waals surface area (Å²) >= 11 is 6.15. The lowest BCUT2D eigenvalue weighted by Gasteiger charge is -2.09. The molecule has 31 heavy (non-hydrogen) atoms. The summed E-state index contributed by atoms with van der Waals surface area (Å²) in [6, 6.07) is 8.84. The Bertz CT molecular complexity index is 1090. The van der Waals surface area contributed by atoms with Crippen LogP contribution >= 0.6 is 11.6 Å². The summed E-state index contributed by atoms with van der Waals surface area (Å²) in [5, 5.41) is 13.7. The van der Waals surface area contributed by atoms with Crippen molar-refractivity contribution in [3.63, 3.8) is 0 Å². The fraction of sp³-hybridized carbons (Fsp3) is 0.100. The van der Waals surface area contributed by atoms with Gasteiger partial charge in [-0.2, -0.15) is 0 Å². The molecule has 3 rings (SSSR count). The SMILES string of the molecule is O=C(O)CN1C(=O)N/C(=C/c2ccc(OCC(=O)Nc3ccc(F)cc3)c(Cl)c2)C1=O. The van der Waals surface area contributed by atoms with Crippen LogP contribution in [0.15, 0.2) is 48.2 Å². The van der Waals surface area contributed by atoms with Crippen LogP contribution in [0, 0.1) is 5.82 Å².